The van der Waals surface area contributed by atoms with Gasteiger partial charge in [-0.1, -0.05) is 92.7 Å². The number of carbonyl (C=O) groups excluding carboxylic acids is 3. The Morgan fingerprint density at radius 2 is 0.954 bits per heavy atom. The number of thioether (sulfide) groups is 3. The Labute approximate surface area is 517 Å². The molecular formula is C62H60N18O3S4. The van der Waals surface area contributed by atoms with Crippen molar-refractivity contribution in [3.8, 4) is 0 Å². The van der Waals surface area contributed by atoms with E-state index in [1.54, 1.807) is 65.2 Å². The summed E-state index contributed by atoms with van der Waals surface area (Å²) in [6.45, 7) is 7.41. The molecule has 0 fully saturated rings. The van der Waals surface area contributed by atoms with Gasteiger partial charge in [0, 0.05) is 58.0 Å². The largest absolute Gasteiger partial charge is 0.338 e. The number of fused-ring (bicyclic) bond motifs is 3. The number of H-pyrrole nitrogens is 3. The van der Waals surface area contributed by atoms with Gasteiger partial charge >= 0.3 is 18.1 Å². The third-order valence-corrected chi connectivity index (χ3v) is 17.3. The maximum absolute atomic E-state index is 12.4. The van der Waals surface area contributed by atoms with Crippen LogP contribution < -0.4 is 31.9 Å². The van der Waals surface area contributed by atoms with Gasteiger partial charge in [0.05, 0.1) is 34.7 Å². The molecule has 0 spiro atoms. The van der Waals surface area contributed by atoms with Crippen molar-refractivity contribution in [3.05, 3.63) is 215 Å². The Bertz CT molecular complexity index is 4210. The molecule has 0 saturated heterocycles. The maximum Gasteiger partial charge on any atom is 0.323 e. The van der Waals surface area contributed by atoms with Gasteiger partial charge < -0.3 is 31.9 Å². The van der Waals surface area contributed by atoms with Gasteiger partial charge in [0.25, 0.3) is 0 Å². The molecule has 0 aliphatic carbocycles. The minimum atomic E-state index is -0.270. The molecule has 0 radical (unpaired) electrons. The molecule has 0 aliphatic heterocycles. The van der Waals surface area contributed by atoms with Crippen LogP contribution in [0, 0.1) is 6.92 Å². The minimum Gasteiger partial charge on any atom is -0.338 e. The van der Waals surface area contributed by atoms with Crippen LogP contribution in [-0.4, -0.2) is 85.1 Å². The van der Waals surface area contributed by atoms with Gasteiger partial charge in [-0.05, 0) is 113 Å². The van der Waals surface area contributed by atoms with E-state index in [0.29, 0.717) is 24.8 Å². The second-order valence-electron chi connectivity index (χ2n) is 19.7. The van der Waals surface area contributed by atoms with Crippen molar-refractivity contribution in [1.82, 2.24) is 71.1 Å². The van der Waals surface area contributed by atoms with E-state index in [1.165, 1.54) is 29.4 Å². The highest BCUT2D eigenvalue weighted by atomic mass is 32.2. The van der Waals surface area contributed by atoms with Crippen LogP contribution in [0.15, 0.2) is 191 Å². The zero-order chi connectivity index (χ0) is 60.2. The fraction of sp³-hybridized carbons (Fsp3) is 0.161. The van der Waals surface area contributed by atoms with E-state index in [4.69, 9.17) is 0 Å². The molecule has 12 aromatic rings. The van der Waals surface area contributed by atoms with Crippen LogP contribution in [0.4, 0.5) is 37.1 Å². The van der Waals surface area contributed by atoms with Crippen molar-refractivity contribution in [1.29, 1.82) is 0 Å². The molecule has 21 nitrogen and oxygen atoms in total. The maximum atomic E-state index is 12.4. The Morgan fingerprint density at radius 3 is 1.41 bits per heavy atom. The highest BCUT2D eigenvalue weighted by Crippen LogP contribution is 2.30. The molecule has 25 heteroatoms. The van der Waals surface area contributed by atoms with Gasteiger partial charge in [0.1, 0.15) is 34.1 Å². The van der Waals surface area contributed by atoms with Crippen molar-refractivity contribution in [2.75, 3.05) is 27.8 Å². The normalized spacial score (nSPS) is 10.9. The smallest absolute Gasteiger partial charge is 0.323 e. The third kappa shape index (κ3) is 17.7. The summed E-state index contributed by atoms with van der Waals surface area (Å²) in [6, 6.07) is 42.7. The highest BCUT2D eigenvalue weighted by molar-refractivity contribution is 7.99. The lowest BCUT2D eigenvalue weighted by molar-refractivity contribution is 0.251. The van der Waals surface area contributed by atoms with E-state index in [1.807, 2.05) is 140 Å². The molecule has 440 valence electrons. The quantitative estimate of drug-likeness (QED) is 0.0269. The predicted octanol–water partition coefficient (Wildman–Crippen LogP) is 13.8. The van der Waals surface area contributed by atoms with Gasteiger partial charge in [-0.3, -0.25) is 15.3 Å². The van der Waals surface area contributed by atoms with Gasteiger partial charge in [0.2, 0.25) is 0 Å². The van der Waals surface area contributed by atoms with E-state index in [2.05, 4.69) is 112 Å². The van der Waals surface area contributed by atoms with Crippen molar-refractivity contribution in [2.24, 2.45) is 0 Å². The van der Waals surface area contributed by atoms with E-state index in [-0.39, 0.29) is 18.1 Å². The van der Waals surface area contributed by atoms with E-state index in [9.17, 15) is 14.4 Å². The van der Waals surface area contributed by atoms with Crippen LogP contribution in [0.2, 0.25) is 0 Å². The summed E-state index contributed by atoms with van der Waals surface area (Å²) >= 11 is 6.51. The molecule has 0 bridgehead atoms. The molecule has 7 heterocycles. The topological polar surface area (TPSA) is 287 Å². The fourth-order valence-corrected chi connectivity index (χ4v) is 12.0. The van der Waals surface area contributed by atoms with E-state index >= 15 is 0 Å². The number of thiophene rings is 1. The van der Waals surface area contributed by atoms with Crippen LogP contribution in [0.3, 0.4) is 0 Å². The summed E-state index contributed by atoms with van der Waals surface area (Å²) in [6.07, 6.45) is 10.6. The molecule has 7 aromatic heterocycles. The molecule has 0 atom stereocenters. The van der Waals surface area contributed by atoms with Gasteiger partial charge in [-0.25, -0.2) is 44.3 Å². The molecule has 9 N–H and O–H groups in total. The number of aromatic amines is 3. The molecular weight excluding hydrogens is 1170 g/mol. The average molecular weight is 1230 g/mol. The summed E-state index contributed by atoms with van der Waals surface area (Å²) in [5.41, 5.74) is 11.9. The number of aromatic nitrogens is 12. The first-order valence-electron chi connectivity index (χ1n) is 27.5. The summed E-state index contributed by atoms with van der Waals surface area (Å²) in [5.74, 6) is 2.62. The lowest BCUT2D eigenvalue weighted by atomic mass is 10.0. The van der Waals surface area contributed by atoms with Crippen LogP contribution in [0.25, 0.3) is 33.1 Å². The van der Waals surface area contributed by atoms with Gasteiger partial charge in [0.15, 0.2) is 16.9 Å². The first-order chi connectivity index (χ1) is 42.5. The zero-order valence-electron chi connectivity index (χ0n) is 47.4. The number of amides is 6. The number of aryl methyl sites for hydroxylation is 1. The van der Waals surface area contributed by atoms with Crippen molar-refractivity contribution >= 4 is 121 Å². The van der Waals surface area contributed by atoms with E-state index < -0.39 is 0 Å². The van der Waals surface area contributed by atoms with Crippen molar-refractivity contribution < 1.29 is 14.4 Å². The second-order valence-corrected chi connectivity index (χ2v) is 23.6. The molecule has 5 aromatic carbocycles. The van der Waals surface area contributed by atoms with Crippen LogP contribution in [-0.2, 0) is 30.2 Å². The number of benzene rings is 5. The number of nitrogens with one attached hydrogen (secondary N) is 9. The zero-order valence-corrected chi connectivity index (χ0v) is 50.7. The summed E-state index contributed by atoms with van der Waals surface area (Å²) < 4.78 is 0. The Morgan fingerprint density at radius 1 is 0.494 bits per heavy atom. The Hall–Kier alpha value is -9.69. The number of urea groups is 3. The monoisotopic (exact) mass is 1230 g/mol. The van der Waals surface area contributed by atoms with Crippen molar-refractivity contribution in [2.45, 2.75) is 72.0 Å². The summed E-state index contributed by atoms with van der Waals surface area (Å²) in [4.78, 5) is 63.4. The third-order valence-electron chi connectivity index (χ3n) is 13.1. The van der Waals surface area contributed by atoms with Crippen molar-refractivity contribution in [3.63, 3.8) is 0 Å². The molecule has 6 amide bonds. The molecule has 0 unspecified atom stereocenters. The summed E-state index contributed by atoms with van der Waals surface area (Å²) in [7, 11) is 0. The SMILES string of the molecule is CC(C)c1ccc(NC(=O)Nc2cccc(CSc3ncnc4[nH]ncc34)c2)cc1.Cc1ccccc1CNC(=O)Nc1cccc(CSc2ncnc3[nH]ncc23)c1.O=C(NCCc1cccs1)Nc1cccc(CSc2ncnc3[nH]ncc23)c1. The van der Waals surface area contributed by atoms with Gasteiger partial charge in [-0.15, -0.1) is 46.6 Å². The number of rotatable bonds is 19. The number of hydrogen-bond acceptors (Lipinski definition) is 16. The Balaban J connectivity index is 0.000000145. The van der Waals surface area contributed by atoms with Gasteiger partial charge in [-0.2, -0.15) is 15.3 Å². The lowest BCUT2D eigenvalue weighted by Gasteiger charge is -2.10. The lowest BCUT2D eigenvalue weighted by Crippen LogP contribution is -2.30. The summed E-state index contributed by atoms with van der Waals surface area (Å²) in [5, 5.41) is 45.3. The Kier molecular flexibility index (Phi) is 21.1. The van der Waals surface area contributed by atoms with E-state index in [0.717, 1.165) is 117 Å². The first-order valence-corrected chi connectivity index (χ1v) is 31.3. The number of carbonyl (C=O) groups is 3. The minimum absolute atomic E-state index is 0.197. The second kappa shape index (κ2) is 30.4. The molecule has 12 rings (SSSR count). The predicted molar refractivity (Wildman–Crippen MR) is 348 cm³/mol. The fourth-order valence-electron chi connectivity index (χ4n) is 8.58. The average Bonchev–Trinajstić information content (AvgIpc) is 4.12. The molecule has 0 aliphatic rings. The van der Waals surface area contributed by atoms with Crippen LogP contribution >= 0.6 is 46.6 Å². The van der Waals surface area contributed by atoms with Crippen LogP contribution in [0.5, 0.6) is 0 Å². The molecule has 87 heavy (non-hydrogen) atoms. The number of anilines is 4. The first kappa shape index (κ1) is 60.4. The number of hydrogen-bond donors (Lipinski definition) is 9. The highest BCUT2D eigenvalue weighted by Gasteiger charge is 2.12. The van der Waals surface area contributed by atoms with Crippen LogP contribution in [0.1, 0.15) is 58.0 Å². The molecule has 0 saturated carbocycles. The standard InChI is InChI=1S/C22H22N6OS.C21H20N6OS.C19H18N6OS2/c1-14(2)16-6-8-17(9-7-16)26-22(29)27-18-5-3-4-15(10-18)12-30-21-19-11-25-28-20(19)23-13-24-21;1-14-5-2-3-7-16(14)10-22-21(28)26-17-8-4-6-15(9-17)12-29-20-18-11-25-27-19(18)23-13-24-20;26-19(20-7-6-15-5-2-8-27-15)24-14-4-1-3-13(9-14)11-28-18-16-10-23-25-17(16)21-12-22-18/h3-11,13-14H,12H2,1-2H3,(H2,26,27,29)(H,23,24,25,28);2-9,11,13H,10,12H2,1H3,(H2,22,26,28)(H,23,24,25,27);1-5,8-10,12H,6-7,11H2,(H2,20,24,26)(H,21,22,23,25). The number of nitrogens with zero attached hydrogens (tertiary/aromatic N) is 9.